The number of aliphatic carboxylic acids is 1. The molecule has 1 unspecified atom stereocenters. The summed E-state index contributed by atoms with van der Waals surface area (Å²) in [5, 5.41) is 11.9. The van der Waals surface area contributed by atoms with E-state index in [0.29, 0.717) is 12.1 Å². The van der Waals surface area contributed by atoms with Crippen molar-refractivity contribution in [3.63, 3.8) is 0 Å². The number of nitrogens with zero attached hydrogens (tertiary/aromatic N) is 1. The number of carboxylic acids is 1. The largest absolute Gasteiger partial charge is 0.479 e. The molecule has 0 radical (unpaired) electrons. The quantitative estimate of drug-likeness (QED) is 0.730. The second-order valence-electron chi connectivity index (χ2n) is 6.52. The van der Waals surface area contributed by atoms with Crippen LogP contribution in [0.4, 0.5) is 4.39 Å². The molecule has 0 aliphatic heterocycles. The van der Waals surface area contributed by atoms with Crippen molar-refractivity contribution >= 4 is 17.8 Å². The molecule has 2 amide bonds. The van der Waals surface area contributed by atoms with Gasteiger partial charge in [0.1, 0.15) is 5.82 Å². The van der Waals surface area contributed by atoms with E-state index in [-0.39, 0.29) is 24.4 Å². The fourth-order valence-corrected chi connectivity index (χ4v) is 2.76. The molecule has 0 aliphatic rings. The molecule has 0 aliphatic carbocycles. The number of halogens is 1. The molecule has 28 heavy (non-hydrogen) atoms. The van der Waals surface area contributed by atoms with Crippen LogP contribution < -0.4 is 5.32 Å². The maximum atomic E-state index is 13.4. The van der Waals surface area contributed by atoms with Gasteiger partial charge < -0.3 is 15.3 Å². The topological polar surface area (TPSA) is 86.7 Å². The number of amides is 2. The Morgan fingerprint density at radius 3 is 2.39 bits per heavy atom. The van der Waals surface area contributed by atoms with E-state index < -0.39 is 23.7 Å². The Balaban J connectivity index is 2.00. The van der Waals surface area contributed by atoms with Gasteiger partial charge in [0.2, 0.25) is 11.8 Å². The third-order valence-corrected chi connectivity index (χ3v) is 4.34. The molecule has 148 valence electrons. The minimum Gasteiger partial charge on any atom is -0.479 e. The second kappa shape index (κ2) is 9.64. The van der Waals surface area contributed by atoms with Gasteiger partial charge in [-0.1, -0.05) is 42.5 Å². The summed E-state index contributed by atoms with van der Waals surface area (Å²) in [7, 11) is 0. The predicted octanol–water partition coefficient (Wildman–Crippen LogP) is 2.81. The highest BCUT2D eigenvalue weighted by Crippen LogP contribution is 2.17. The third-order valence-electron chi connectivity index (χ3n) is 4.34. The van der Waals surface area contributed by atoms with Crippen molar-refractivity contribution in [2.24, 2.45) is 0 Å². The minimum absolute atomic E-state index is 0.0453. The van der Waals surface area contributed by atoms with Gasteiger partial charge >= 0.3 is 5.97 Å². The summed E-state index contributed by atoms with van der Waals surface area (Å²) in [6.45, 7) is 3.46. The molecule has 6 nitrogen and oxygen atoms in total. The summed E-state index contributed by atoms with van der Waals surface area (Å²) in [6.07, 6.45) is -0.0453. The Morgan fingerprint density at radius 1 is 1.14 bits per heavy atom. The highest BCUT2D eigenvalue weighted by molar-refractivity contribution is 5.85. The summed E-state index contributed by atoms with van der Waals surface area (Å²) in [5.41, 5.74) is 1.51. The summed E-state index contributed by atoms with van der Waals surface area (Å²) in [5.74, 6) is -2.38. The van der Waals surface area contributed by atoms with E-state index in [4.69, 9.17) is 0 Å². The Hall–Kier alpha value is -3.22. The fraction of sp³-hybridized carbons (Fsp3) is 0.286. The smallest absolute Gasteiger partial charge is 0.330 e. The first kappa shape index (κ1) is 21.1. The number of rotatable bonds is 8. The van der Waals surface area contributed by atoms with Crippen molar-refractivity contribution in [2.45, 2.75) is 32.9 Å². The van der Waals surface area contributed by atoms with Crippen molar-refractivity contribution in [3.05, 3.63) is 71.0 Å². The number of carboxylic acid groups (broad SMARTS) is 1. The summed E-state index contributed by atoms with van der Waals surface area (Å²) >= 11 is 0. The third kappa shape index (κ3) is 5.90. The van der Waals surface area contributed by atoms with Gasteiger partial charge in [-0.15, -0.1) is 0 Å². The number of carbonyl (C=O) groups excluding carboxylic acids is 2. The lowest BCUT2D eigenvalue weighted by Gasteiger charge is -2.22. The van der Waals surface area contributed by atoms with Crippen LogP contribution >= 0.6 is 0 Å². The Kier molecular flexibility index (Phi) is 7.26. The molecule has 0 saturated heterocycles. The molecular formula is C21H23FN2O4. The summed E-state index contributed by atoms with van der Waals surface area (Å²) in [4.78, 5) is 37.2. The maximum Gasteiger partial charge on any atom is 0.330 e. The molecule has 0 bridgehead atoms. The van der Waals surface area contributed by atoms with Crippen LogP contribution in [0.1, 0.15) is 36.1 Å². The number of benzene rings is 2. The average molecular weight is 386 g/mol. The second-order valence-corrected chi connectivity index (χ2v) is 6.52. The molecule has 2 aromatic carbocycles. The molecule has 2 aromatic rings. The zero-order valence-electron chi connectivity index (χ0n) is 15.8. The zero-order chi connectivity index (χ0) is 20.7. The van der Waals surface area contributed by atoms with Gasteiger partial charge in [-0.25, -0.2) is 9.18 Å². The van der Waals surface area contributed by atoms with E-state index in [1.165, 1.54) is 36.9 Å². The summed E-state index contributed by atoms with van der Waals surface area (Å²) < 4.78 is 13.4. The van der Waals surface area contributed by atoms with Crippen LogP contribution in [-0.2, 0) is 20.9 Å². The van der Waals surface area contributed by atoms with Gasteiger partial charge in [0, 0.05) is 26.4 Å². The normalized spacial score (nSPS) is 11.5. The van der Waals surface area contributed by atoms with Crippen LogP contribution in [0.2, 0.25) is 0 Å². The Morgan fingerprint density at radius 2 is 1.82 bits per heavy atom. The van der Waals surface area contributed by atoms with Gasteiger partial charge in [0.25, 0.3) is 0 Å². The van der Waals surface area contributed by atoms with E-state index in [1.807, 2.05) is 30.3 Å². The molecule has 1 atom stereocenters. The van der Waals surface area contributed by atoms with Gasteiger partial charge in [-0.3, -0.25) is 9.59 Å². The van der Waals surface area contributed by atoms with E-state index in [1.54, 1.807) is 0 Å². The highest BCUT2D eigenvalue weighted by atomic mass is 19.1. The number of carbonyl (C=O) groups is 3. The molecule has 0 spiro atoms. The van der Waals surface area contributed by atoms with Crippen LogP contribution in [0.5, 0.6) is 0 Å². The van der Waals surface area contributed by atoms with Crippen LogP contribution in [0.15, 0.2) is 48.5 Å². The average Bonchev–Trinajstić information content (AvgIpc) is 2.65. The number of nitrogens with one attached hydrogen (secondary N) is 1. The predicted molar refractivity (Wildman–Crippen MR) is 102 cm³/mol. The first-order valence-electron chi connectivity index (χ1n) is 8.85. The van der Waals surface area contributed by atoms with E-state index in [0.717, 1.165) is 5.56 Å². The van der Waals surface area contributed by atoms with Gasteiger partial charge in [-0.2, -0.15) is 0 Å². The van der Waals surface area contributed by atoms with Crippen molar-refractivity contribution in [1.29, 1.82) is 0 Å². The standard InChI is InChI=1S/C21H23FN2O4/c1-14-12-17(8-9-18(14)22)20(21(27)28)23-19(26)10-11-24(15(2)25)13-16-6-4-3-5-7-16/h3-9,12,20H,10-11,13H2,1-2H3,(H,23,26)(H,27,28). The van der Waals surface area contributed by atoms with E-state index in [2.05, 4.69) is 5.32 Å². The molecule has 2 rings (SSSR count). The molecule has 7 heteroatoms. The molecule has 2 N–H and O–H groups in total. The SMILES string of the molecule is CC(=O)N(CCC(=O)NC(C(=O)O)c1ccc(F)c(C)c1)Cc1ccccc1. The Bertz CT molecular complexity index is 855. The molecule has 0 saturated carbocycles. The number of aryl methyl sites for hydroxylation is 1. The van der Waals surface area contributed by atoms with Crippen LogP contribution in [0, 0.1) is 12.7 Å². The molecule has 0 aromatic heterocycles. The van der Waals surface area contributed by atoms with Crippen molar-refractivity contribution < 1.29 is 23.9 Å². The number of hydrogen-bond acceptors (Lipinski definition) is 3. The first-order valence-corrected chi connectivity index (χ1v) is 8.85. The van der Waals surface area contributed by atoms with Crippen LogP contribution in [-0.4, -0.2) is 34.3 Å². The molecule has 0 fully saturated rings. The molecular weight excluding hydrogens is 363 g/mol. The highest BCUT2D eigenvalue weighted by Gasteiger charge is 2.23. The lowest BCUT2D eigenvalue weighted by Crippen LogP contribution is -2.37. The number of hydrogen-bond donors (Lipinski definition) is 2. The Labute approximate surface area is 163 Å². The van der Waals surface area contributed by atoms with Gasteiger partial charge in [0.05, 0.1) is 0 Å². The van der Waals surface area contributed by atoms with E-state index in [9.17, 15) is 23.9 Å². The minimum atomic E-state index is -1.29. The lowest BCUT2D eigenvalue weighted by atomic mass is 10.0. The van der Waals surface area contributed by atoms with Gasteiger partial charge in [-0.05, 0) is 29.7 Å². The van der Waals surface area contributed by atoms with Crippen LogP contribution in [0.3, 0.4) is 0 Å². The monoisotopic (exact) mass is 386 g/mol. The maximum absolute atomic E-state index is 13.4. The van der Waals surface area contributed by atoms with Gasteiger partial charge in [0.15, 0.2) is 6.04 Å². The zero-order valence-corrected chi connectivity index (χ0v) is 15.8. The lowest BCUT2D eigenvalue weighted by molar-refractivity contribution is -0.142. The van der Waals surface area contributed by atoms with Crippen molar-refractivity contribution in [1.82, 2.24) is 10.2 Å². The first-order chi connectivity index (χ1) is 13.3. The van der Waals surface area contributed by atoms with E-state index >= 15 is 0 Å². The van der Waals surface area contributed by atoms with Crippen LogP contribution in [0.25, 0.3) is 0 Å². The molecule has 0 heterocycles. The van der Waals surface area contributed by atoms with Crippen molar-refractivity contribution in [3.8, 4) is 0 Å². The fourth-order valence-electron chi connectivity index (χ4n) is 2.76. The van der Waals surface area contributed by atoms with Crippen molar-refractivity contribution in [2.75, 3.05) is 6.54 Å². The summed E-state index contributed by atoms with van der Waals surface area (Å²) in [6, 6.07) is 12.0.